The van der Waals surface area contributed by atoms with Crippen molar-refractivity contribution in [1.82, 2.24) is 0 Å². The summed E-state index contributed by atoms with van der Waals surface area (Å²) in [6.45, 7) is 3.80. The van der Waals surface area contributed by atoms with Crippen LogP contribution in [0.25, 0.3) is 0 Å². The normalized spacial score (nSPS) is 11.4. The van der Waals surface area contributed by atoms with Crippen LogP contribution in [0.5, 0.6) is 0 Å². The summed E-state index contributed by atoms with van der Waals surface area (Å²) in [5, 5.41) is -19.0. The lowest BCUT2D eigenvalue weighted by atomic mass is 10.3. The van der Waals surface area contributed by atoms with Crippen molar-refractivity contribution >= 4 is 108 Å². The van der Waals surface area contributed by atoms with E-state index in [1.54, 1.807) is 0 Å². The summed E-state index contributed by atoms with van der Waals surface area (Å²) in [6.07, 6.45) is -4.64. The van der Waals surface area contributed by atoms with Gasteiger partial charge in [-0.1, -0.05) is 245 Å². The topological polar surface area (TPSA) is 334 Å². The third-order valence-electron chi connectivity index (χ3n) is 16.0. The number of esters is 4. The summed E-state index contributed by atoms with van der Waals surface area (Å²) in [7, 11) is -23.7. The van der Waals surface area contributed by atoms with Gasteiger partial charge in [0.15, 0.2) is 126 Å². The molecule has 0 unspecified atom stereocenters. The van der Waals surface area contributed by atoms with Gasteiger partial charge in [-0.2, -0.15) is 52.7 Å². The zero-order chi connectivity index (χ0) is 99.6. The van der Waals surface area contributed by atoms with Crippen LogP contribution >= 0.6 is 0 Å². The number of hydrogen-bond acceptors (Lipinski definition) is 20. The molecule has 12 aromatic carbocycles. The summed E-state index contributed by atoms with van der Waals surface area (Å²) in [6, 6.07) is 129. The third kappa shape index (κ3) is 37.6. The number of carbonyl (C=O) groups is 4. The Kier molecular flexibility index (Phi) is 44.8. The van der Waals surface area contributed by atoms with Gasteiger partial charge in [0.05, 0.1) is 43.6 Å². The molecule has 12 aromatic rings. The molecule has 12 rings (SSSR count). The lowest BCUT2D eigenvalue weighted by Crippen LogP contribution is -2.35. The molecule has 40 heteroatoms. The van der Waals surface area contributed by atoms with E-state index in [1.807, 2.05) is 0 Å². The molecule has 0 aliphatic rings. The van der Waals surface area contributed by atoms with E-state index < -0.39 is 129 Å². The summed E-state index contributed by atoms with van der Waals surface area (Å²) < 4.78 is 278. The molecule has 0 saturated heterocycles. The predicted molar refractivity (Wildman–Crippen MR) is 479 cm³/mol. The summed E-state index contributed by atoms with van der Waals surface area (Å²) in [5.74, 6) is -8.24. The molecule has 0 N–H and O–H groups in total. The molecular weight excluding hydrogens is 1930 g/mol. The Morgan fingerprint density at radius 1 is 0.276 bits per heavy atom. The fourth-order valence-corrected chi connectivity index (χ4v) is 18.9. The fraction of sp³-hybridized carbons (Fsp3) is 0.106. The predicted octanol–water partition coefficient (Wildman–Crippen LogP) is 20.2. The molecule has 0 amide bonds. The van der Waals surface area contributed by atoms with E-state index in [2.05, 4.69) is 409 Å². The van der Waals surface area contributed by atoms with Crippen LogP contribution in [0.1, 0.15) is 6.92 Å². The Balaban J connectivity index is 0.000000272. The van der Waals surface area contributed by atoms with E-state index in [9.17, 15) is 124 Å². The molecule has 708 valence electrons. The average molecular weight is 2010 g/mol. The van der Waals surface area contributed by atoms with Gasteiger partial charge in [0, 0.05) is 11.6 Å². The number of rotatable bonds is 28. The molecule has 0 atom stereocenters. The lowest BCUT2D eigenvalue weighted by Gasteiger charge is -2.19. The minimum absolute atomic E-state index is 0.0146. The second-order valence-electron chi connectivity index (χ2n) is 26.0. The largest absolute Gasteiger partial charge is 0.743 e. The standard InChI is InChI=1S/4C18H15S.C6H5F5O5S.C6H8F2O5S.C5H5F3O5S.C5H6F2O5S/c4*1-4-10-16(11-5-1)19(17-12-6-2-7-13-17)18-14-8-3-9-15-18;1-3(6(9,10)11)4(12)16-2-5(7,8)17(13,14)15;1-4(2)5(9)13-3-6(7,8)14(10,11)12;1-3(6)4(9)13-2-5(7,8)14(10,11)12;1-2-4(8)12-3-5(6,7)13(9,10)11/h4*1-15H;1-2H2,(H,13,14,15);1,3H2,2H3,(H,10,11,12);1-2H2,(H,10,11,12);2H,1,3H2,(H,9,10,11)/q4*+1;;;;/p-4. The molecule has 134 heavy (non-hydrogen) atoms. The highest BCUT2D eigenvalue weighted by molar-refractivity contribution is 7.98. The van der Waals surface area contributed by atoms with Gasteiger partial charge < -0.3 is 37.2 Å². The highest BCUT2D eigenvalue weighted by atomic mass is 32.2. The lowest BCUT2D eigenvalue weighted by molar-refractivity contribution is -0.156. The molecule has 20 nitrogen and oxygen atoms in total. The van der Waals surface area contributed by atoms with Crippen molar-refractivity contribution in [1.29, 1.82) is 0 Å². The van der Waals surface area contributed by atoms with E-state index in [1.165, 1.54) is 65.7 Å². The van der Waals surface area contributed by atoms with Crippen LogP contribution < -0.4 is 0 Å². The number of alkyl halides is 11. The van der Waals surface area contributed by atoms with Crippen LogP contribution in [0.4, 0.5) is 52.7 Å². The molecular formula is C94H80F12O20S8. The molecule has 0 bridgehead atoms. The van der Waals surface area contributed by atoms with E-state index >= 15 is 0 Å². The van der Waals surface area contributed by atoms with E-state index in [-0.39, 0.29) is 49.2 Å². The molecule has 0 spiro atoms. The maximum absolute atomic E-state index is 12.4. The minimum atomic E-state index is -6.13. The molecule has 0 heterocycles. The minimum Gasteiger partial charge on any atom is -0.743 e. The third-order valence-corrected chi connectivity index (χ3v) is 28.4. The second-order valence-corrected chi connectivity index (χ2v) is 40.2. The number of halogens is 12. The number of benzene rings is 12. The van der Waals surface area contributed by atoms with Gasteiger partial charge in [-0.15, -0.1) is 0 Å². The molecule has 0 aliphatic heterocycles. The van der Waals surface area contributed by atoms with Gasteiger partial charge in [-0.3, -0.25) is 0 Å². The maximum Gasteiger partial charge on any atom is 0.422 e. The van der Waals surface area contributed by atoms with Gasteiger partial charge >= 0.3 is 51.1 Å². The van der Waals surface area contributed by atoms with Crippen LogP contribution in [0.3, 0.4) is 0 Å². The first kappa shape index (κ1) is 112. The molecule has 0 radical (unpaired) electrons. The number of carbonyl (C=O) groups excluding carboxylic acids is 4. The Morgan fingerprint density at radius 3 is 0.545 bits per heavy atom. The van der Waals surface area contributed by atoms with Crippen molar-refractivity contribution in [2.75, 3.05) is 26.4 Å². The van der Waals surface area contributed by atoms with Crippen molar-refractivity contribution < 1.29 is 143 Å². The van der Waals surface area contributed by atoms with Crippen molar-refractivity contribution in [3.63, 3.8) is 0 Å². The fourth-order valence-electron chi connectivity index (χ4n) is 9.67. The Labute approximate surface area is 777 Å². The van der Waals surface area contributed by atoms with Crippen LogP contribution in [0, 0.1) is 0 Å². The van der Waals surface area contributed by atoms with Gasteiger partial charge in [0.1, 0.15) is 5.57 Å². The highest BCUT2D eigenvalue weighted by Gasteiger charge is 2.45. The first-order chi connectivity index (χ1) is 62.9. The Bertz CT molecular complexity index is 5270. The molecule has 0 aliphatic carbocycles. The van der Waals surface area contributed by atoms with Gasteiger partial charge in [-0.25, -0.2) is 52.8 Å². The smallest absolute Gasteiger partial charge is 0.422 e. The zero-order valence-electron chi connectivity index (χ0n) is 69.8. The monoisotopic (exact) mass is 2010 g/mol. The zero-order valence-corrected chi connectivity index (χ0v) is 76.4. The van der Waals surface area contributed by atoms with E-state index in [4.69, 9.17) is 0 Å². The van der Waals surface area contributed by atoms with Crippen LogP contribution in [-0.4, -0.2) is 129 Å². The molecule has 0 aromatic heterocycles. The summed E-state index contributed by atoms with van der Waals surface area (Å²) in [4.78, 5) is 57.8. The average Bonchev–Trinajstić information content (AvgIpc) is 0.817. The van der Waals surface area contributed by atoms with Gasteiger partial charge in [-0.05, 0) is 153 Å². The quantitative estimate of drug-likeness (QED) is 0.0110. The number of hydrogen-bond donors (Lipinski definition) is 0. The van der Waals surface area contributed by atoms with Gasteiger partial charge in [0.25, 0.3) is 0 Å². The number of ether oxygens (including phenoxy) is 4. The first-order valence-electron chi connectivity index (χ1n) is 37.9. The maximum atomic E-state index is 12.4. The first-order valence-corrected chi connectivity index (χ1v) is 48.5. The highest BCUT2D eigenvalue weighted by Crippen LogP contribution is 2.36. The van der Waals surface area contributed by atoms with Crippen LogP contribution in [-0.2, 0) is 122 Å². The van der Waals surface area contributed by atoms with Crippen molar-refractivity contribution in [3.8, 4) is 0 Å². The Morgan fingerprint density at radius 2 is 0.418 bits per heavy atom. The summed E-state index contributed by atoms with van der Waals surface area (Å²) in [5.41, 5.74) is -2.28. The SMILES string of the molecule is C=C(C(=O)OCC(F)(F)S(=O)(=O)[O-])C(F)(F)F.C=C(C)C(=O)OCC(F)(F)S(=O)(=O)[O-].C=C(F)C(=O)OCC(F)(F)S(=O)(=O)[O-].C=CC(=O)OCC(F)(F)S(=O)(=O)[O-].c1ccc([S+](c2ccccc2)c2ccccc2)cc1.c1ccc([S+](c2ccccc2)c2ccccc2)cc1.c1ccc([S+](c2ccccc2)c2ccccc2)cc1.c1ccc([S+](c2ccccc2)c2ccccc2)cc1. The van der Waals surface area contributed by atoms with E-state index in [0.717, 1.165) is 0 Å². The Hall–Kier alpha value is -12.3. The molecule has 0 saturated carbocycles. The van der Waals surface area contributed by atoms with Gasteiger partial charge in [0.2, 0.25) is 5.83 Å². The second kappa shape index (κ2) is 53.5. The van der Waals surface area contributed by atoms with Crippen molar-refractivity contribution in [2.24, 2.45) is 0 Å². The van der Waals surface area contributed by atoms with Crippen LogP contribution in [0.15, 0.2) is 472 Å². The van der Waals surface area contributed by atoms with Crippen molar-refractivity contribution in [2.45, 2.75) is 92.9 Å². The summed E-state index contributed by atoms with van der Waals surface area (Å²) >= 11 is 0. The van der Waals surface area contributed by atoms with Crippen LogP contribution in [0.2, 0.25) is 0 Å². The van der Waals surface area contributed by atoms with E-state index in [0.29, 0.717) is 6.08 Å². The molecule has 0 fully saturated rings. The van der Waals surface area contributed by atoms with Crippen molar-refractivity contribution in [3.05, 3.63) is 413 Å².